The molecule has 0 unspecified atom stereocenters. The van der Waals surface area contributed by atoms with Gasteiger partial charge in [0, 0.05) is 18.5 Å². The van der Waals surface area contributed by atoms with Crippen LogP contribution in [0.1, 0.15) is 98.3 Å². The molecule has 0 saturated carbocycles. The second-order valence-electron chi connectivity index (χ2n) is 7.19. The first kappa shape index (κ1) is 18.5. The van der Waals surface area contributed by atoms with Crippen molar-refractivity contribution in [2.45, 2.75) is 104 Å². The van der Waals surface area contributed by atoms with E-state index in [1.165, 1.54) is 76.5 Å². The van der Waals surface area contributed by atoms with Crippen LogP contribution in [0, 0.1) is 0 Å². The van der Waals surface area contributed by atoms with Crippen molar-refractivity contribution in [1.82, 2.24) is 4.90 Å². The van der Waals surface area contributed by atoms with Crippen molar-refractivity contribution in [3.05, 3.63) is 0 Å². The maximum Gasteiger partial charge on any atom is 0.0994 e. The molecule has 0 atom stereocenters. The van der Waals surface area contributed by atoms with Crippen molar-refractivity contribution in [3.8, 4) is 0 Å². The molecule has 0 bridgehead atoms. The Morgan fingerprint density at radius 2 is 1.48 bits per heavy atom. The Balaban J connectivity index is 2.07. The average molecular weight is 295 g/mol. The minimum atomic E-state index is 0.286. The molecule has 1 heterocycles. The van der Waals surface area contributed by atoms with Crippen molar-refractivity contribution < 1.29 is 0 Å². The molecular weight excluding hydrogens is 256 g/mol. The molecule has 124 valence electrons. The van der Waals surface area contributed by atoms with E-state index in [-0.39, 0.29) is 5.54 Å². The van der Waals surface area contributed by atoms with Crippen molar-refractivity contribution in [2.75, 3.05) is 13.1 Å². The first-order valence-corrected chi connectivity index (χ1v) is 9.42. The second kappa shape index (κ2) is 10.2. The highest BCUT2D eigenvalue weighted by molar-refractivity contribution is 5.84. The number of rotatable bonds is 12. The van der Waals surface area contributed by atoms with Crippen molar-refractivity contribution >= 4 is 5.84 Å². The van der Waals surface area contributed by atoms with Crippen LogP contribution in [-0.4, -0.2) is 29.4 Å². The molecule has 0 N–H and O–H groups in total. The molecule has 0 amide bonds. The Kier molecular flexibility index (Phi) is 9.03. The number of hydrogen-bond acceptors (Lipinski definition) is 2. The summed E-state index contributed by atoms with van der Waals surface area (Å²) in [5, 5.41) is 0. The third-order valence-corrected chi connectivity index (χ3v) is 5.03. The van der Waals surface area contributed by atoms with Gasteiger partial charge in [0.2, 0.25) is 0 Å². The van der Waals surface area contributed by atoms with Gasteiger partial charge >= 0.3 is 0 Å². The first-order chi connectivity index (χ1) is 10.1. The number of hydrogen-bond donors (Lipinski definition) is 0. The van der Waals surface area contributed by atoms with Crippen LogP contribution in [0.15, 0.2) is 4.99 Å². The van der Waals surface area contributed by atoms with Crippen LogP contribution in [0.2, 0.25) is 0 Å². The summed E-state index contributed by atoms with van der Waals surface area (Å²) in [6.07, 6.45) is 15.0. The molecule has 1 aliphatic heterocycles. The van der Waals surface area contributed by atoms with Gasteiger partial charge in [0.15, 0.2) is 0 Å². The predicted octanol–water partition coefficient (Wildman–Crippen LogP) is 5.81. The monoisotopic (exact) mass is 294 g/mol. The van der Waals surface area contributed by atoms with Crippen LogP contribution >= 0.6 is 0 Å². The van der Waals surface area contributed by atoms with Crippen LogP contribution in [0.5, 0.6) is 0 Å². The topological polar surface area (TPSA) is 15.6 Å². The van der Waals surface area contributed by atoms with E-state index in [1.54, 1.807) is 0 Å². The molecule has 0 aromatic rings. The van der Waals surface area contributed by atoms with Gasteiger partial charge in [0.25, 0.3) is 0 Å². The van der Waals surface area contributed by atoms with E-state index in [1.807, 2.05) is 0 Å². The molecule has 2 nitrogen and oxygen atoms in total. The summed E-state index contributed by atoms with van der Waals surface area (Å²) in [7, 11) is 0. The third-order valence-electron chi connectivity index (χ3n) is 5.03. The zero-order valence-corrected chi connectivity index (χ0v) is 15.1. The van der Waals surface area contributed by atoms with E-state index >= 15 is 0 Å². The quantitative estimate of drug-likeness (QED) is 0.415. The highest BCUT2D eigenvalue weighted by atomic mass is 15.3. The summed E-state index contributed by atoms with van der Waals surface area (Å²) < 4.78 is 0. The molecule has 0 spiro atoms. The third kappa shape index (κ3) is 6.84. The summed E-state index contributed by atoms with van der Waals surface area (Å²) >= 11 is 0. The van der Waals surface area contributed by atoms with Gasteiger partial charge in [0.05, 0.1) is 12.4 Å². The number of aliphatic imine (C=N–C) groups is 1. The Morgan fingerprint density at radius 1 is 0.905 bits per heavy atom. The van der Waals surface area contributed by atoms with Gasteiger partial charge < -0.3 is 4.90 Å². The summed E-state index contributed by atoms with van der Waals surface area (Å²) in [5.74, 6) is 1.38. The van der Waals surface area contributed by atoms with E-state index in [0.29, 0.717) is 0 Å². The summed E-state index contributed by atoms with van der Waals surface area (Å²) in [6.45, 7) is 11.4. The number of unbranched alkanes of at least 4 members (excludes halogenated alkanes) is 8. The summed E-state index contributed by atoms with van der Waals surface area (Å²) in [6, 6.07) is 0. The lowest BCUT2D eigenvalue weighted by Crippen LogP contribution is -2.45. The van der Waals surface area contributed by atoms with Gasteiger partial charge in [-0.25, -0.2) is 0 Å². The molecule has 0 radical (unpaired) electrons. The van der Waals surface area contributed by atoms with Crippen LogP contribution < -0.4 is 0 Å². The summed E-state index contributed by atoms with van der Waals surface area (Å²) in [4.78, 5) is 7.29. The van der Waals surface area contributed by atoms with Gasteiger partial charge in [-0.05, 0) is 26.7 Å². The minimum Gasteiger partial charge on any atom is -0.353 e. The Morgan fingerprint density at radius 3 is 2.05 bits per heavy atom. The average Bonchev–Trinajstić information content (AvgIpc) is 2.95. The fraction of sp³-hybridized carbons (Fsp3) is 0.947. The smallest absolute Gasteiger partial charge is 0.0994 e. The van der Waals surface area contributed by atoms with E-state index in [9.17, 15) is 0 Å². The molecule has 0 aromatic heterocycles. The van der Waals surface area contributed by atoms with Gasteiger partial charge in [-0.3, -0.25) is 4.99 Å². The zero-order chi connectivity index (χ0) is 15.6. The predicted molar refractivity (Wildman–Crippen MR) is 95.2 cm³/mol. The highest BCUT2D eigenvalue weighted by Crippen LogP contribution is 2.24. The SMILES string of the molecule is CCCCCCCCCCCC1=NCCN1C(C)(C)CC. The fourth-order valence-corrected chi connectivity index (χ4v) is 3.14. The summed E-state index contributed by atoms with van der Waals surface area (Å²) in [5.41, 5.74) is 0.286. The van der Waals surface area contributed by atoms with Crippen molar-refractivity contribution in [2.24, 2.45) is 4.99 Å². The molecule has 1 aliphatic rings. The Hall–Kier alpha value is -0.530. The largest absolute Gasteiger partial charge is 0.353 e. The lowest BCUT2D eigenvalue weighted by Gasteiger charge is -2.37. The molecule has 1 rings (SSSR count). The maximum absolute atomic E-state index is 4.74. The van der Waals surface area contributed by atoms with E-state index in [0.717, 1.165) is 13.1 Å². The van der Waals surface area contributed by atoms with Crippen LogP contribution in [0.25, 0.3) is 0 Å². The zero-order valence-electron chi connectivity index (χ0n) is 15.1. The molecule has 0 saturated heterocycles. The van der Waals surface area contributed by atoms with Gasteiger partial charge in [-0.2, -0.15) is 0 Å². The second-order valence-corrected chi connectivity index (χ2v) is 7.19. The minimum absolute atomic E-state index is 0.286. The van der Waals surface area contributed by atoms with Gasteiger partial charge in [0.1, 0.15) is 0 Å². The standard InChI is InChI=1S/C19H38N2/c1-5-7-8-9-10-11-12-13-14-15-18-20-16-17-21(18)19(3,4)6-2/h5-17H2,1-4H3. The lowest BCUT2D eigenvalue weighted by atomic mass is 9.98. The van der Waals surface area contributed by atoms with E-state index in [4.69, 9.17) is 4.99 Å². The number of nitrogens with zero attached hydrogens (tertiary/aromatic N) is 2. The Labute approximate surface area is 133 Å². The molecule has 0 aliphatic carbocycles. The normalized spacial score (nSPS) is 15.6. The van der Waals surface area contributed by atoms with Crippen molar-refractivity contribution in [3.63, 3.8) is 0 Å². The van der Waals surface area contributed by atoms with Crippen LogP contribution in [0.3, 0.4) is 0 Å². The number of amidine groups is 1. The Bertz CT molecular complexity index is 294. The van der Waals surface area contributed by atoms with Gasteiger partial charge in [-0.1, -0.05) is 65.2 Å². The molecule has 2 heteroatoms. The van der Waals surface area contributed by atoms with Gasteiger partial charge in [-0.15, -0.1) is 0 Å². The molecule has 0 aromatic carbocycles. The van der Waals surface area contributed by atoms with Crippen molar-refractivity contribution in [1.29, 1.82) is 0 Å². The maximum atomic E-state index is 4.74. The lowest BCUT2D eigenvalue weighted by molar-refractivity contribution is 0.221. The van der Waals surface area contributed by atoms with E-state index < -0.39 is 0 Å². The first-order valence-electron chi connectivity index (χ1n) is 9.42. The van der Waals surface area contributed by atoms with Crippen LogP contribution in [-0.2, 0) is 0 Å². The van der Waals surface area contributed by atoms with Crippen LogP contribution in [0.4, 0.5) is 0 Å². The molecule has 21 heavy (non-hydrogen) atoms. The molecule has 0 fully saturated rings. The van der Waals surface area contributed by atoms with E-state index in [2.05, 4.69) is 32.6 Å². The molecular formula is C19H38N2. The fourth-order valence-electron chi connectivity index (χ4n) is 3.14. The highest BCUT2D eigenvalue weighted by Gasteiger charge is 2.29.